The smallest absolute Gasteiger partial charge is 0.278 e. The topological polar surface area (TPSA) is 59.8 Å². The van der Waals surface area contributed by atoms with Crippen molar-refractivity contribution in [2.45, 2.75) is 6.92 Å². The fraction of sp³-hybridized carbons (Fsp3) is 0.0625. The van der Waals surface area contributed by atoms with Crippen molar-refractivity contribution in [2.24, 2.45) is 0 Å². The third kappa shape index (κ3) is 3.38. The summed E-state index contributed by atoms with van der Waals surface area (Å²) in [5.41, 5.74) is 2.04. The summed E-state index contributed by atoms with van der Waals surface area (Å²) >= 11 is 17.8. The maximum absolute atomic E-state index is 12.4. The second-order valence-corrected chi connectivity index (χ2v) is 6.25. The van der Waals surface area contributed by atoms with E-state index in [9.17, 15) is 4.79 Å². The summed E-state index contributed by atoms with van der Waals surface area (Å²) in [6.07, 6.45) is 0. The first-order valence-corrected chi connectivity index (χ1v) is 8.04. The molecule has 1 aromatic heterocycles. The van der Waals surface area contributed by atoms with Gasteiger partial charge in [-0.25, -0.2) is 4.68 Å². The molecule has 5 nitrogen and oxygen atoms in total. The van der Waals surface area contributed by atoms with Crippen molar-refractivity contribution in [1.82, 2.24) is 15.0 Å². The van der Waals surface area contributed by atoms with Gasteiger partial charge in [0.15, 0.2) is 5.69 Å². The van der Waals surface area contributed by atoms with Crippen molar-refractivity contribution in [3.8, 4) is 5.69 Å². The van der Waals surface area contributed by atoms with E-state index in [2.05, 4.69) is 15.6 Å². The number of aromatic nitrogens is 3. The normalized spacial score (nSPS) is 10.7. The van der Waals surface area contributed by atoms with E-state index in [0.717, 1.165) is 5.69 Å². The number of benzene rings is 2. The SMILES string of the molecule is Cc1c(C(=O)Nc2ccc(Cl)c(Cl)c2)nnn1-c1cccc(Cl)c1. The molecule has 1 N–H and O–H groups in total. The third-order valence-corrected chi connectivity index (χ3v) is 4.31. The average Bonchev–Trinajstić information content (AvgIpc) is 2.93. The van der Waals surface area contributed by atoms with Gasteiger partial charge in [-0.15, -0.1) is 5.10 Å². The van der Waals surface area contributed by atoms with Crippen LogP contribution in [0.5, 0.6) is 0 Å². The first-order valence-electron chi connectivity index (χ1n) is 6.90. The Balaban J connectivity index is 1.87. The van der Waals surface area contributed by atoms with Gasteiger partial charge >= 0.3 is 0 Å². The number of rotatable bonds is 3. The van der Waals surface area contributed by atoms with Crippen molar-refractivity contribution < 1.29 is 4.79 Å². The number of nitrogens with zero attached hydrogens (tertiary/aromatic N) is 3. The number of amides is 1. The number of anilines is 1. The predicted octanol–water partition coefficient (Wildman–Crippen LogP) is 4.79. The highest BCUT2D eigenvalue weighted by atomic mass is 35.5. The molecule has 0 aliphatic rings. The predicted molar refractivity (Wildman–Crippen MR) is 95.5 cm³/mol. The zero-order valence-electron chi connectivity index (χ0n) is 12.4. The average molecular weight is 382 g/mol. The Labute approximate surface area is 153 Å². The summed E-state index contributed by atoms with van der Waals surface area (Å²) in [6.45, 7) is 1.75. The van der Waals surface area contributed by atoms with Gasteiger partial charge in [0.1, 0.15) is 0 Å². The second kappa shape index (κ2) is 6.81. The van der Waals surface area contributed by atoms with Crippen LogP contribution < -0.4 is 5.32 Å². The molecule has 0 atom stereocenters. The molecule has 0 radical (unpaired) electrons. The number of nitrogens with one attached hydrogen (secondary N) is 1. The summed E-state index contributed by atoms with van der Waals surface area (Å²) in [5.74, 6) is -0.390. The minimum atomic E-state index is -0.390. The van der Waals surface area contributed by atoms with E-state index in [0.29, 0.717) is 26.4 Å². The molecule has 0 aliphatic carbocycles. The van der Waals surface area contributed by atoms with E-state index < -0.39 is 0 Å². The summed E-state index contributed by atoms with van der Waals surface area (Å²) in [4.78, 5) is 12.4. The molecule has 1 heterocycles. The summed E-state index contributed by atoms with van der Waals surface area (Å²) < 4.78 is 1.55. The zero-order valence-corrected chi connectivity index (χ0v) is 14.7. The number of carbonyl (C=O) groups excluding carboxylic acids is 1. The van der Waals surface area contributed by atoms with Crippen LogP contribution in [0.25, 0.3) is 5.69 Å². The molecule has 8 heteroatoms. The Morgan fingerprint density at radius 2 is 1.88 bits per heavy atom. The lowest BCUT2D eigenvalue weighted by atomic mass is 10.2. The fourth-order valence-corrected chi connectivity index (χ4v) is 2.64. The summed E-state index contributed by atoms with van der Waals surface area (Å²) in [6, 6.07) is 12.0. The van der Waals surface area contributed by atoms with Gasteiger partial charge < -0.3 is 5.32 Å². The quantitative estimate of drug-likeness (QED) is 0.709. The van der Waals surface area contributed by atoms with Crippen LogP contribution >= 0.6 is 34.8 Å². The molecule has 0 unspecified atom stereocenters. The number of carbonyl (C=O) groups is 1. The van der Waals surface area contributed by atoms with Crippen LogP contribution in [0.15, 0.2) is 42.5 Å². The largest absolute Gasteiger partial charge is 0.320 e. The molecule has 0 spiro atoms. The first-order chi connectivity index (χ1) is 11.5. The van der Waals surface area contributed by atoms with Crippen molar-refractivity contribution >= 4 is 46.4 Å². The standard InChI is InChI=1S/C16H11Cl3N4O/c1-9-15(16(24)20-11-5-6-13(18)14(19)8-11)21-22-23(9)12-4-2-3-10(17)7-12/h2-8H,1H3,(H,20,24). The van der Waals surface area contributed by atoms with Gasteiger partial charge in [-0.2, -0.15) is 0 Å². The lowest BCUT2D eigenvalue weighted by molar-refractivity contribution is 0.102. The molecule has 3 aromatic rings. The molecule has 0 aliphatic heterocycles. The molecule has 0 saturated carbocycles. The molecule has 1 amide bonds. The molecule has 0 fully saturated rings. The van der Waals surface area contributed by atoms with Crippen LogP contribution in [0, 0.1) is 6.92 Å². The number of halogens is 3. The molecular formula is C16H11Cl3N4O. The Morgan fingerprint density at radius 1 is 1.08 bits per heavy atom. The third-order valence-electron chi connectivity index (χ3n) is 3.34. The van der Waals surface area contributed by atoms with E-state index in [-0.39, 0.29) is 11.6 Å². The van der Waals surface area contributed by atoms with Crippen LogP contribution in [0.3, 0.4) is 0 Å². The summed E-state index contributed by atoms with van der Waals surface area (Å²) in [7, 11) is 0. The maximum atomic E-state index is 12.4. The molecule has 3 rings (SSSR count). The van der Waals surface area contributed by atoms with Gasteiger partial charge in [0.05, 0.1) is 21.4 Å². The van der Waals surface area contributed by atoms with Crippen LogP contribution in [-0.4, -0.2) is 20.9 Å². The molecule has 24 heavy (non-hydrogen) atoms. The van der Waals surface area contributed by atoms with E-state index in [1.54, 1.807) is 48.0 Å². The van der Waals surface area contributed by atoms with Gasteiger partial charge in [-0.3, -0.25) is 4.79 Å². The van der Waals surface area contributed by atoms with Gasteiger partial charge in [0.25, 0.3) is 5.91 Å². The van der Waals surface area contributed by atoms with Crippen molar-refractivity contribution in [3.05, 3.63) is 68.9 Å². The van der Waals surface area contributed by atoms with E-state index in [4.69, 9.17) is 34.8 Å². The monoisotopic (exact) mass is 380 g/mol. The second-order valence-electron chi connectivity index (χ2n) is 5.00. The van der Waals surface area contributed by atoms with Gasteiger partial charge in [-0.1, -0.05) is 46.1 Å². The Kier molecular flexibility index (Phi) is 4.76. The Hall–Kier alpha value is -2.08. The lowest BCUT2D eigenvalue weighted by Crippen LogP contribution is -2.14. The molecular weight excluding hydrogens is 371 g/mol. The zero-order chi connectivity index (χ0) is 17.3. The fourth-order valence-electron chi connectivity index (χ4n) is 2.16. The first kappa shape index (κ1) is 16.8. The van der Waals surface area contributed by atoms with Crippen LogP contribution in [0.1, 0.15) is 16.2 Å². The Morgan fingerprint density at radius 3 is 2.58 bits per heavy atom. The van der Waals surface area contributed by atoms with Gasteiger partial charge in [0.2, 0.25) is 0 Å². The number of hydrogen-bond acceptors (Lipinski definition) is 3. The van der Waals surface area contributed by atoms with Gasteiger partial charge in [-0.05, 0) is 43.3 Å². The van der Waals surface area contributed by atoms with E-state index in [1.807, 2.05) is 6.07 Å². The van der Waals surface area contributed by atoms with Crippen molar-refractivity contribution in [3.63, 3.8) is 0 Å². The Bertz CT molecular complexity index is 923. The van der Waals surface area contributed by atoms with Crippen LogP contribution in [0.2, 0.25) is 15.1 Å². The summed E-state index contributed by atoms with van der Waals surface area (Å²) in [5, 5.41) is 12.0. The highest BCUT2D eigenvalue weighted by Gasteiger charge is 2.18. The van der Waals surface area contributed by atoms with Crippen LogP contribution in [-0.2, 0) is 0 Å². The minimum Gasteiger partial charge on any atom is -0.320 e. The van der Waals surface area contributed by atoms with Gasteiger partial charge in [0, 0.05) is 10.7 Å². The van der Waals surface area contributed by atoms with Crippen molar-refractivity contribution in [2.75, 3.05) is 5.32 Å². The van der Waals surface area contributed by atoms with Crippen LogP contribution in [0.4, 0.5) is 5.69 Å². The maximum Gasteiger partial charge on any atom is 0.278 e. The van der Waals surface area contributed by atoms with E-state index in [1.165, 1.54) is 0 Å². The highest BCUT2D eigenvalue weighted by Crippen LogP contribution is 2.25. The number of hydrogen-bond donors (Lipinski definition) is 1. The minimum absolute atomic E-state index is 0.209. The molecule has 0 saturated heterocycles. The molecule has 122 valence electrons. The van der Waals surface area contributed by atoms with E-state index >= 15 is 0 Å². The molecule has 2 aromatic carbocycles. The molecule has 0 bridgehead atoms. The highest BCUT2D eigenvalue weighted by molar-refractivity contribution is 6.42. The lowest BCUT2D eigenvalue weighted by Gasteiger charge is -2.06. The van der Waals surface area contributed by atoms with Crippen molar-refractivity contribution in [1.29, 1.82) is 0 Å².